The molecule has 1 amide bonds. The number of nitrogens with zero attached hydrogens (tertiary/aromatic N) is 2. The Hall–Kier alpha value is -1.64. The van der Waals surface area contributed by atoms with Crippen molar-refractivity contribution in [1.29, 1.82) is 0 Å². The Balaban J connectivity index is 1.58. The van der Waals surface area contributed by atoms with Gasteiger partial charge in [0, 0.05) is 16.4 Å². The van der Waals surface area contributed by atoms with Crippen LogP contribution in [-0.4, -0.2) is 26.7 Å². The highest BCUT2D eigenvalue weighted by atomic mass is 35.5. The van der Waals surface area contributed by atoms with Gasteiger partial charge in [0.05, 0.1) is 17.4 Å². The highest BCUT2D eigenvalue weighted by molar-refractivity contribution is 8.01. The number of aromatic nitrogens is 2. The maximum Gasteiger partial charge on any atom is 0.307 e. The van der Waals surface area contributed by atoms with Crippen LogP contribution in [-0.2, 0) is 20.9 Å². The van der Waals surface area contributed by atoms with Crippen LogP contribution in [0.4, 0.5) is 5.69 Å². The number of halogens is 1. The lowest BCUT2D eigenvalue weighted by Crippen LogP contribution is -2.31. The first-order valence-corrected chi connectivity index (χ1v) is 8.35. The molecule has 1 aromatic heterocycles. The SMILES string of the molecule is O=C(CC1Sc2ccccc2NC1=O)OCc1nnsc1Cl. The van der Waals surface area contributed by atoms with Gasteiger partial charge in [0.15, 0.2) is 0 Å². The maximum absolute atomic E-state index is 12.0. The van der Waals surface area contributed by atoms with Crippen LogP contribution in [0.1, 0.15) is 12.1 Å². The van der Waals surface area contributed by atoms with Gasteiger partial charge in [0.2, 0.25) is 5.91 Å². The van der Waals surface area contributed by atoms with Crippen molar-refractivity contribution < 1.29 is 14.3 Å². The summed E-state index contributed by atoms with van der Waals surface area (Å²) in [5, 5.41) is 6.03. The van der Waals surface area contributed by atoms with E-state index >= 15 is 0 Å². The van der Waals surface area contributed by atoms with E-state index in [4.69, 9.17) is 16.3 Å². The Morgan fingerprint density at radius 2 is 2.23 bits per heavy atom. The largest absolute Gasteiger partial charge is 0.459 e. The lowest BCUT2D eigenvalue weighted by molar-refractivity contribution is -0.145. The summed E-state index contributed by atoms with van der Waals surface area (Å²) in [7, 11) is 0. The first-order chi connectivity index (χ1) is 10.6. The van der Waals surface area contributed by atoms with E-state index in [0.717, 1.165) is 22.1 Å². The van der Waals surface area contributed by atoms with E-state index in [1.807, 2.05) is 24.3 Å². The molecule has 1 aromatic carbocycles. The Morgan fingerprint density at radius 1 is 1.41 bits per heavy atom. The van der Waals surface area contributed by atoms with Crippen molar-refractivity contribution >= 4 is 52.5 Å². The summed E-state index contributed by atoms with van der Waals surface area (Å²) in [5.74, 6) is -0.676. The monoisotopic (exact) mass is 355 g/mol. The van der Waals surface area contributed by atoms with Crippen molar-refractivity contribution in [2.45, 2.75) is 23.2 Å². The molecule has 9 heteroatoms. The molecule has 1 aliphatic rings. The number of amides is 1. The van der Waals surface area contributed by atoms with Crippen LogP contribution in [0.3, 0.4) is 0 Å². The first kappa shape index (κ1) is 15.3. The molecule has 0 aliphatic carbocycles. The van der Waals surface area contributed by atoms with Crippen LogP contribution in [0.2, 0.25) is 4.34 Å². The van der Waals surface area contributed by atoms with Crippen molar-refractivity contribution in [3.05, 3.63) is 34.3 Å². The minimum absolute atomic E-state index is 0.0139. The smallest absolute Gasteiger partial charge is 0.307 e. The molecule has 2 heterocycles. The molecular weight excluding hydrogens is 346 g/mol. The van der Waals surface area contributed by atoms with Gasteiger partial charge in [-0.1, -0.05) is 28.2 Å². The number of para-hydroxylation sites is 1. The fourth-order valence-electron chi connectivity index (χ4n) is 1.87. The van der Waals surface area contributed by atoms with Crippen molar-refractivity contribution in [1.82, 2.24) is 9.59 Å². The molecule has 22 heavy (non-hydrogen) atoms. The van der Waals surface area contributed by atoms with Gasteiger partial charge in [0.25, 0.3) is 0 Å². The fourth-order valence-corrected chi connectivity index (χ4v) is 3.57. The minimum Gasteiger partial charge on any atom is -0.459 e. The standard InChI is InChI=1S/C13H10ClN3O3S2/c14-12-8(16-17-22-12)6-20-11(18)5-10-13(19)15-7-3-1-2-4-9(7)21-10/h1-4,10H,5-6H2,(H,15,19). The van der Waals surface area contributed by atoms with E-state index in [1.165, 1.54) is 11.8 Å². The molecule has 1 N–H and O–H groups in total. The van der Waals surface area contributed by atoms with Gasteiger partial charge in [-0.15, -0.1) is 16.9 Å². The number of thioether (sulfide) groups is 1. The average Bonchev–Trinajstić information content (AvgIpc) is 2.91. The number of ether oxygens (including phenoxy) is 1. The van der Waals surface area contributed by atoms with Gasteiger partial charge in [-0.25, -0.2) is 0 Å². The second kappa shape index (κ2) is 6.64. The van der Waals surface area contributed by atoms with Crippen LogP contribution in [0.5, 0.6) is 0 Å². The fraction of sp³-hybridized carbons (Fsp3) is 0.231. The van der Waals surface area contributed by atoms with Gasteiger partial charge in [0.1, 0.15) is 16.6 Å². The molecule has 0 radical (unpaired) electrons. The summed E-state index contributed by atoms with van der Waals surface area (Å²) in [6.45, 7) is -0.0379. The highest BCUT2D eigenvalue weighted by Crippen LogP contribution is 2.36. The number of carbonyl (C=O) groups is 2. The quantitative estimate of drug-likeness (QED) is 0.849. The third kappa shape index (κ3) is 3.40. The Kier molecular flexibility index (Phi) is 4.60. The third-order valence-electron chi connectivity index (χ3n) is 2.94. The van der Waals surface area contributed by atoms with Gasteiger partial charge < -0.3 is 10.1 Å². The minimum atomic E-state index is -0.508. The number of rotatable bonds is 4. The average molecular weight is 356 g/mol. The van der Waals surface area contributed by atoms with Crippen molar-refractivity contribution in [2.75, 3.05) is 5.32 Å². The second-order valence-electron chi connectivity index (χ2n) is 4.45. The second-order valence-corrected chi connectivity index (χ2v) is 7.05. The number of anilines is 1. The van der Waals surface area contributed by atoms with Gasteiger partial charge in [-0.2, -0.15) is 0 Å². The zero-order valence-electron chi connectivity index (χ0n) is 11.1. The van der Waals surface area contributed by atoms with E-state index in [0.29, 0.717) is 10.0 Å². The van der Waals surface area contributed by atoms with E-state index in [2.05, 4.69) is 14.9 Å². The van der Waals surface area contributed by atoms with Crippen LogP contribution < -0.4 is 5.32 Å². The first-order valence-electron chi connectivity index (χ1n) is 6.32. The molecule has 3 rings (SSSR count). The molecule has 1 atom stereocenters. The Morgan fingerprint density at radius 3 is 3.00 bits per heavy atom. The molecule has 1 aliphatic heterocycles. The number of hydrogen-bond donors (Lipinski definition) is 1. The van der Waals surface area contributed by atoms with E-state index in [-0.39, 0.29) is 18.9 Å². The number of fused-ring (bicyclic) bond motifs is 1. The topological polar surface area (TPSA) is 81.2 Å². The third-order valence-corrected chi connectivity index (χ3v) is 5.20. The lowest BCUT2D eigenvalue weighted by Gasteiger charge is -2.23. The van der Waals surface area contributed by atoms with Crippen LogP contribution in [0.15, 0.2) is 29.2 Å². The molecule has 6 nitrogen and oxygen atoms in total. The van der Waals surface area contributed by atoms with Crippen molar-refractivity contribution in [3.8, 4) is 0 Å². The van der Waals surface area contributed by atoms with Crippen LogP contribution in [0, 0.1) is 0 Å². The summed E-state index contributed by atoms with van der Waals surface area (Å²) in [5.41, 5.74) is 1.19. The number of nitrogens with one attached hydrogen (secondary N) is 1. The summed E-state index contributed by atoms with van der Waals surface area (Å²) >= 11 is 8.21. The number of hydrogen-bond acceptors (Lipinski definition) is 7. The zero-order chi connectivity index (χ0) is 15.5. The number of esters is 1. The van der Waals surface area contributed by atoms with Crippen LogP contribution in [0.25, 0.3) is 0 Å². The van der Waals surface area contributed by atoms with E-state index in [1.54, 1.807) is 0 Å². The van der Waals surface area contributed by atoms with Crippen molar-refractivity contribution in [3.63, 3.8) is 0 Å². The lowest BCUT2D eigenvalue weighted by atomic mass is 10.2. The molecule has 2 aromatic rings. The van der Waals surface area contributed by atoms with E-state index in [9.17, 15) is 9.59 Å². The van der Waals surface area contributed by atoms with E-state index < -0.39 is 11.2 Å². The normalized spacial score (nSPS) is 16.8. The zero-order valence-corrected chi connectivity index (χ0v) is 13.5. The number of carbonyl (C=O) groups excluding carboxylic acids is 2. The van der Waals surface area contributed by atoms with Gasteiger partial charge in [-0.3, -0.25) is 9.59 Å². The Bertz CT molecular complexity index is 722. The Labute approximate surface area is 139 Å². The molecule has 0 spiro atoms. The van der Waals surface area contributed by atoms with Crippen molar-refractivity contribution in [2.24, 2.45) is 0 Å². The predicted octanol–water partition coefficient (Wildman–Crippen LogP) is 2.74. The molecular formula is C13H10ClN3O3S2. The molecule has 0 saturated heterocycles. The highest BCUT2D eigenvalue weighted by Gasteiger charge is 2.29. The summed E-state index contributed by atoms with van der Waals surface area (Å²) in [6, 6.07) is 7.46. The van der Waals surface area contributed by atoms with Gasteiger partial charge in [-0.05, 0) is 12.1 Å². The summed E-state index contributed by atoms with van der Waals surface area (Å²) < 4.78 is 9.14. The number of benzene rings is 1. The molecule has 0 fully saturated rings. The van der Waals surface area contributed by atoms with Crippen LogP contribution >= 0.6 is 34.9 Å². The van der Waals surface area contributed by atoms with Gasteiger partial charge >= 0.3 is 5.97 Å². The summed E-state index contributed by atoms with van der Waals surface area (Å²) in [6.07, 6.45) is -0.0139. The molecule has 0 bridgehead atoms. The summed E-state index contributed by atoms with van der Waals surface area (Å²) in [4.78, 5) is 24.8. The molecule has 114 valence electrons. The maximum atomic E-state index is 12.0. The predicted molar refractivity (Wildman–Crippen MR) is 84.0 cm³/mol. The molecule has 1 unspecified atom stereocenters. The molecule has 0 saturated carbocycles.